The number of aliphatic carboxylic acids is 1. The van der Waals surface area contributed by atoms with E-state index in [9.17, 15) is 4.79 Å². The number of carbonyl (C=O) groups is 1. The fourth-order valence-electron chi connectivity index (χ4n) is 1.72. The summed E-state index contributed by atoms with van der Waals surface area (Å²) in [5, 5.41) is 8.79. The summed E-state index contributed by atoms with van der Waals surface area (Å²) in [4.78, 5) is 14.7. The van der Waals surface area contributed by atoms with Crippen molar-refractivity contribution in [3.05, 3.63) is 48.0 Å². The summed E-state index contributed by atoms with van der Waals surface area (Å²) >= 11 is 0. The topological polar surface area (TPSA) is 64.4 Å². The smallest absolute Gasteiger partial charge is 0.309 e. The molecule has 1 heterocycles. The second kappa shape index (κ2) is 5.35. The molecule has 5 nitrogen and oxygen atoms in total. The number of carboxylic acids is 1. The molecule has 0 radical (unpaired) electrons. The molecule has 94 valence electrons. The van der Waals surface area contributed by atoms with Gasteiger partial charge in [-0.15, -0.1) is 0 Å². The van der Waals surface area contributed by atoms with E-state index in [1.165, 1.54) is 0 Å². The van der Waals surface area contributed by atoms with Gasteiger partial charge >= 0.3 is 5.97 Å². The third-order valence-electron chi connectivity index (χ3n) is 2.64. The van der Waals surface area contributed by atoms with Gasteiger partial charge in [0.15, 0.2) is 0 Å². The first-order valence-corrected chi connectivity index (χ1v) is 5.53. The molecular weight excluding hydrogens is 232 g/mol. The third kappa shape index (κ3) is 2.88. The largest absolute Gasteiger partial charge is 0.497 e. The molecule has 18 heavy (non-hydrogen) atoms. The van der Waals surface area contributed by atoms with E-state index in [1.807, 2.05) is 28.8 Å². The van der Waals surface area contributed by atoms with Gasteiger partial charge in [0.25, 0.3) is 0 Å². The Balaban J connectivity index is 2.12. The Bertz CT molecular complexity index is 531. The highest BCUT2D eigenvalue weighted by Crippen LogP contribution is 2.13. The SMILES string of the molecule is COc1ccc(Cn2cncc2CC(=O)O)cc1. The predicted octanol–water partition coefficient (Wildman–Crippen LogP) is 1.57. The maximum absolute atomic E-state index is 10.7. The van der Waals surface area contributed by atoms with Crippen molar-refractivity contribution in [2.24, 2.45) is 0 Å². The molecule has 2 rings (SSSR count). The second-order valence-corrected chi connectivity index (χ2v) is 3.93. The van der Waals surface area contributed by atoms with E-state index >= 15 is 0 Å². The van der Waals surface area contributed by atoms with Crippen molar-refractivity contribution in [1.29, 1.82) is 0 Å². The minimum atomic E-state index is -0.855. The van der Waals surface area contributed by atoms with Crippen LogP contribution in [-0.2, 0) is 17.8 Å². The van der Waals surface area contributed by atoms with Crippen molar-refractivity contribution < 1.29 is 14.6 Å². The lowest BCUT2D eigenvalue weighted by molar-refractivity contribution is -0.136. The van der Waals surface area contributed by atoms with Crippen LogP contribution in [0.15, 0.2) is 36.8 Å². The number of hydrogen-bond donors (Lipinski definition) is 1. The maximum atomic E-state index is 10.7. The standard InChI is InChI=1S/C13H14N2O3/c1-18-12-4-2-10(3-5-12)8-15-9-14-7-11(15)6-13(16)17/h2-5,7,9H,6,8H2,1H3,(H,16,17). The monoisotopic (exact) mass is 246 g/mol. The number of rotatable bonds is 5. The fourth-order valence-corrected chi connectivity index (χ4v) is 1.72. The van der Waals surface area contributed by atoms with Crippen LogP contribution in [0.2, 0.25) is 0 Å². The molecule has 0 spiro atoms. The van der Waals surface area contributed by atoms with Gasteiger partial charge in [0, 0.05) is 18.4 Å². The summed E-state index contributed by atoms with van der Waals surface area (Å²) in [5.74, 6) is -0.0541. The number of benzene rings is 1. The number of nitrogens with zero attached hydrogens (tertiary/aromatic N) is 2. The highest BCUT2D eigenvalue weighted by molar-refractivity contribution is 5.69. The first kappa shape index (κ1) is 12.2. The van der Waals surface area contributed by atoms with Gasteiger partial charge in [0.2, 0.25) is 0 Å². The van der Waals surface area contributed by atoms with Gasteiger partial charge in [-0.3, -0.25) is 4.79 Å². The number of aromatic nitrogens is 2. The molecule has 1 aromatic carbocycles. The zero-order valence-electron chi connectivity index (χ0n) is 10.0. The van der Waals surface area contributed by atoms with Gasteiger partial charge in [0.1, 0.15) is 5.75 Å². The number of hydrogen-bond acceptors (Lipinski definition) is 3. The van der Waals surface area contributed by atoms with E-state index in [2.05, 4.69) is 4.98 Å². The number of methoxy groups -OCH3 is 1. The lowest BCUT2D eigenvalue weighted by Crippen LogP contribution is -2.08. The van der Waals surface area contributed by atoms with Gasteiger partial charge in [0.05, 0.1) is 19.9 Å². The van der Waals surface area contributed by atoms with Gasteiger partial charge in [-0.1, -0.05) is 12.1 Å². The van der Waals surface area contributed by atoms with Crippen LogP contribution >= 0.6 is 0 Å². The summed E-state index contributed by atoms with van der Waals surface area (Å²) < 4.78 is 6.91. The normalized spacial score (nSPS) is 10.3. The quantitative estimate of drug-likeness (QED) is 0.869. The molecule has 0 fully saturated rings. The molecule has 0 aliphatic heterocycles. The Morgan fingerprint density at radius 3 is 2.72 bits per heavy atom. The molecule has 2 aromatic rings. The molecule has 5 heteroatoms. The Hall–Kier alpha value is -2.30. The van der Waals surface area contributed by atoms with Crippen LogP contribution in [0.5, 0.6) is 5.75 Å². The van der Waals surface area contributed by atoms with Crippen LogP contribution < -0.4 is 4.74 Å². The molecule has 0 aliphatic carbocycles. The average molecular weight is 246 g/mol. The van der Waals surface area contributed by atoms with E-state index in [0.717, 1.165) is 11.3 Å². The van der Waals surface area contributed by atoms with Crippen LogP contribution in [0.25, 0.3) is 0 Å². The van der Waals surface area contributed by atoms with Crippen LogP contribution in [0.3, 0.4) is 0 Å². The summed E-state index contributed by atoms with van der Waals surface area (Å²) in [5.41, 5.74) is 1.76. The van der Waals surface area contributed by atoms with Crippen molar-refractivity contribution in [1.82, 2.24) is 9.55 Å². The predicted molar refractivity (Wildman–Crippen MR) is 65.7 cm³/mol. The van der Waals surface area contributed by atoms with Gasteiger partial charge in [-0.25, -0.2) is 4.98 Å². The van der Waals surface area contributed by atoms with Gasteiger partial charge < -0.3 is 14.4 Å². The van der Waals surface area contributed by atoms with Crippen molar-refractivity contribution in [2.45, 2.75) is 13.0 Å². The lowest BCUT2D eigenvalue weighted by atomic mass is 10.2. The number of ether oxygens (including phenoxy) is 1. The molecular formula is C13H14N2O3. The van der Waals surface area contributed by atoms with Crippen LogP contribution in [-0.4, -0.2) is 27.7 Å². The Labute approximate surface area is 105 Å². The van der Waals surface area contributed by atoms with Crippen molar-refractivity contribution >= 4 is 5.97 Å². The molecule has 0 amide bonds. The fraction of sp³-hybridized carbons (Fsp3) is 0.231. The molecule has 0 saturated carbocycles. The van der Waals surface area contributed by atoms with E-state index in [0.29, 0.717) is 12.2 Å². The zero-order chi connectivity index (χ0) is 13.0. The average Bonchev–Trinajstić information content (AvgIpc) is 2.77. The minimum absolute atomic E-state index is 0.0177. The zero-order valence-corrected chi connectivity index (χ0v) is 10.0. The summed E-state index contributed by atoms with van der Waals surface area (Å²) in [6.07, 6.45) is 3.20. The van der Waals surface area contributed by atoms with Crippen LogP contribution in [0.4, 0.5) is 0 Å². The molecule has 0 aliphatic rings. The Morgan fingerprint density at radius 2 is 2.11 bits per heavy atom. The van der Waals surface area contributed by atoms with Crippen molar-refractivity contribution in [2.75, 3.05) is 7.11 Å². The highest BCUT2D eigenvalue weighted by Gasteiger charge is 2.07. The summed E-state index contributed by atoms with van der Waals surface area (Å²) in [6.45, 7) is 0.604. The van der Waals surface area contributed by atoms with Crippen LogP contribution in [0.1, 0.15) is 11.3 Å². The molecule has 0 unspecified atom stereocenters. The van der Waals surface area contributed by atoms with Crippen molar-refractivity contribution in [3.8, 4) is 5.75 Å². The molecule has 0 atom stereocenters. The summed E-state index contributed by atoms with van der Waals surface area (Å²) in [6, 6.07) is 7.65. The summed E-state index contributed by atoms with van der Waals surface area (Å²) in [7, 11) is 1.62. The Morgan fingerprint density at radius 1 is 1.39 bits per heavy atom. The maximum Gasteiger partial charge on any atom is 0.309 e. The first-order chi connectivity index (χ1) is 8.69. The Kier molecular flexibility index (Phi) is 3.62. The second-order valence-electron chi connectivity index (χ2n) is 3.93. The molecule has 0 saturated heterocycles. The van der Waals surface area contributed by atoms with Gasteiger partial charge in [-0.05, 0) is 17.7 Å². The van der Waals surface area contributed by atoms with E-state index in [4.69, 9.17) is 9.84 Å². The van der Waals surface area contributed by atoms with E-state index in [1.54, 1.807) is 19.6 Å². The van der Waals surface area contributed by atoms with Crippen LogP contribution in [0, 0.1) is 0 Å². The van der Waals surface area contributed by atoms with E-state index < -0.39 is 5.97 Å². The number of carboxylic acid groups (broad SMARTS) is 1. The molecule has 1 aromatic heterocycles. The number of imidazole rings is 1. The highest BCUT2D eigenvalue weighted by atomic mass is 16.5. The lowest BCUT2D eigenvalue weighted by Gasteiger charge is -2.07. The minimum Gasteiger partial charge on any atom is -0.497 e. The van der Waals surface area contributed by atoms with Crippen molar-refractivity contribution in [3.63, 3.8) is 0 Å². The third-order valence-corrected chi connectivity index (χ3v) is 2.64. The molecule has 1 N–H and O–H groups in total. The molecule has 0 bridgehead atoms. The first-order valence-electron chi connectivity index (χ1n) is 5.53. The van der Waals surface area contributed by atoms with E-state index in [-0.39, 0.29) is 6.42 Å². The van der Waals surface area contributed by atoms with Gasteiger partial charge in [-0.2, -0.15) is 0 Å².